The maximum atomic E-state index is 12.1. The Balaban J connectivity index is 1.64. The Bertz CT molecular complexity index is 731. The number of hydrogen-bond donors (Lipinski definition) is 0. The van der Waals surface area contributed by atoms with Crippen LogP contribution in [0, 0.1) is 6.92 Å². The molecular weight excluding hydrogens is 310 g/mol. The summed E-state index contributed by atoms with van der Waals surface area (Å²) >= 11 is 0. The van der Waals surface area contributed by atoms with E-state index >= 15 is 0 Å². The third kappa shape index (κ3) is 3.65. The van der Waals surface area contributed by atoms with Crippen LogP contribution in [0.5, 0.6) is 5.75 Å². The number of ether oxygens (including phenoxy) is 2. The van der Waals surface area contributed by atoms with E-state index in [2.05, 4.69) is 0 Å². The number of hydrogen-bond acceptors (Lipinski definition) is 5. The second-order valence-corrected chi connectivity index (χ2v) is 5.58. The molecule has 0 atom stereocenters. The van der Waals surface area contributed by atoms with Gasteiger partial charge in [0.25, 0.3) is 5.91 Å². The van der Waals surface area contributed by atoms with Crippen LogP contribution < -0.4 is 4.74 Å². The Morgan fingerprint density at radius 2 is 2.04 bits per heavy atom. The minimum atomic E-state index is -0.0401. The van der Waals surface area contributed by atoms with Crippen LogP contribution in [0.3, 0.4) is 0 Å². The predicted octanol–water partition coefficient (Wildman–Crippen LogP) is 2.31. The molecule has 1 saturated heterocycles. The van der Waals surface area contributed by atoms with Crippen molar-refractivity contribution in [2.75, 3.05) is 32.9 Å². The summed E-state index contributed by atoms with van der Waals surface area (Å²) in [6.45, 7) is 4.30. The van der Waals surface area contributed by atoms with Gasteiger partial charge in [-0.05, 0) is 42.8 Å². The van der Waals surface area contributed by atoms with E-state index in [4.69, 9.17) is 13.9 Å². The summed E-state index contributed by atoms with van der Waals surface area (Å²) in [6, 6.07) is 8.89. The standard InChI is InChI=1S/C18H19NO5/c1-13-10-14(23-12-18(21)19-6-8-22-9-7-19)2-4-16(13)17-5-3-15(11-20)24-17/h2-5,10-11H,6-9,12H2,1H3. The number of morpholine rings is 1. The van der Waals surface area contributed by atoms with Gasteiger partial charge in [0.15, 0.2) is 18.7 Å². The predicted molar refractivity (Wildman–Crippen MR) is 87.2 cm³/mol. The first-order valence-electron chi connectivity index (χ1n) is 7.82. The Kier molecular flexibility index (Phi) is 4.96. The summed E-state index contributed by atoms with van der Waals surface area (Å²) in [6.07, 6.45) is 0.674. The Morgan fingerprint density at radius 1 is 1.25 bits per heavy atom. The molecule has 0 bridgehead atoms. The van der Waals surface area contributed by atoms with Crippen molar-refractivity contribution in [2.45, 2.75) is 6.92 Å². The molecule has 1 fully saturated rings. The van der Waals surface area contributed by atoms with Gasteiger partial charge in [-0.2, -0.15) is 0 Å². The van der Waals surface area contributed by atoms with E-state index in [0.29, 0.717) is 49.9 Å². The first-order chi connectivity index (χ1) is 11.7. The number of carbonyl (C=O) groups excluding carboxylic acids is 2. The number of aryl methyl sites for hydroxylation is 1. The maximum Gasteiger partial charge on any atom is 0.260 e. The lowest BCUT2D eigenvalue weighted by molar-refractivity contribution is -0.137. The molecule has 1 aromatic heterocycles. The third-order valence-electron chi connectivity index (χ3n) is 3.93. The molecule has 6 nitrogen and oxygen atoms in total. The van der Waals surface area contributed by atoms with E-state index < -0.39 is 0 Å². The number of aldehydes is 1. The van der Waals surface area contributed by atoms with Crippen molar-refractivity contribution >= 4 is 12.2 Å². The van der Waals surface area contributed by atoms with E-state index in [9.17, 15) is 9.59 Å². The molecule has 3 rings (SSSR count). The van der Waals surface area contributed by atoms with Gasteiger partial charge in [0.05, 0.1) is 13.2 Å². The molecular formula is C18H19NO5. The fourth-order valence-corrected chi connectivity index (χ4v) is 2.61. The lowest BCUT2D eigenvalue weighted by Gasteiger charge is -2.26. The molecule has 1 amide bonds. The van der Waals surface area contributed by atoms with Crippen LogP contribution in [0.15, 0.2) is 34.7 Å². The average Bonchev–Trinajstić information content (AvgIpc) is 3.09. The van der Waals surface area contributed by atoms with Gasteiger partial charge >= 0.3 is 0 Å². The van der Waals surface area contributed by atoms with Gasteiger partial charge in [-0.3, -0.25) is 9.59 Å². The zero-order valence-corrected chi connectivity index (χ0v) is 13.5. The molecule has 0 radical (unpaired) electrons. The minimum Gasteiger partial charge on any atom is -0.484 e. The van der Waals surface area contributed by atoms with Gasteiger partial charge in [-0.15, -0.1) is 0 Å². The van der Waals surface area contributed by atoms with Crippen molar-refractivity contribution in [1.29, 1.82) is 0 Å². The van der Waals surface area contributed by atoms with Gasteiger partial charge in [0.1, 0.15) is 11.5 Å². The van der Waals surface area contributed by atoms with Crippen molar-refractivity contribution in [2.24, 2.45) is 0 Å². The van der Waals surface area contributed by atoms with Gasteiger partial charge in [-0.25, -0.2) is 0 Å². The Morgan fingerprint density at radius 3 is 2.71 bits per heavy atom. The van der Waals surface area contributed by atoms with E-state index in [-0.39, 0.29) is 12.5 Å². The summed E-state index contributed by atoms with van der Waals surface area (Å²) in [5.74, 6) is 1.51. The number of furan rings is 1. The molecule has 2 heterocycles. The van der Waals surface area contributed by atoms with Gasteiger partial charge in [0, 0.05) is 18.7 Å². The zero-order chi connectivity index (χ0) is 16.9. The minimum absolute atomic E-state index is 0.00876. The van der Waals surface area contributed by atoms with Crippen LogP contribution in [-0.4, -0.2) is 50.0 Å². The number of rotatable bonds is 5. The van der Waals surface area contributed by atoms with Crippen LogP contribution in [0.2, 0.25) is 0 Å². The highest BCUT2D eigenvalue weighted by molar-refractivity contribution is 5.78. The smallest absolute Gasteiger partial charge is 0.260 e. The van der Waals surface area contributed by atoms with Crippen LogP contribution in [0.1, 0.15) is 16.1 Å². The van der Waals surface area contributed by atoms with Crippen molar-refractivity contribution in [3.05, 3.63) is 41.7 Å². The van der Waals surface area contributed by atoms with Crippen LogP contribution in [0.25, 0.3) is 11.3 Å². The summed E-state index contributed by atoms with van der Waals surface area (Å²) in [7, 11) is 0. The first kappa shape index (κ1) is 16.3. The van der Waals surface area contributed by atoms with Gasteiger partial charge in [0.2, 0.25) is 0 Å². The number of nitrogens with zero attached hydrogens (tertiary/aromatic N) is 1. The van der Waals surface area contributed by atoms with E-state index in [0.717, 1.165) is 11.1 Å². The molecule has 1 aromatic carbocycles. The quantitative estimate of drug-likeness (QED) is 0.787. The highest BCUT2D eigenvalue weighted by Gasteiger charge is 2.17. The molecule has 0 saturated carbocycles. The van der Waals surface area contributed by atoms with Crippen molar-refractivity contribution < 1.29 is 23.5 Å². The molecule has 2 aromatic rings. The first-order valence-corrected chi connectivity index (χ1v) is 7.82. The number of carbonyl (C=O) groups is 2. The van der Waals surface area contributed by atoms with E-state index in [1.165, 1.54) is 0 Å². The summed E-state index contributed by atoms with van der Waals surface area (Å²) in [5.41, 5.74) is 1.83. The lowest BCUT2D eigenvalue weighted by Crippen LogP contribution is -2.42. The molecule has 0 spiro atoms. The topological polar surface area (TPSA) is 69.0 Å². The second-order valence-electron chi connectivity index (χ2n) is 5.58. The van der Waals surface area contributed by atoms with E-state index in [1.807, 2.05) is 19.1 Å². The molecule has 0 aliphatic carbocycles. The van der Waals surface area contributed by atoms with Crippen LogP contribution in [-0.2, 0) is 9.53 Å². The average molecular weight is 329 g/mol. The highest BCUT2D eigenvalue weighted by Crippen LogP contribution is 2.28. The molecule has 1 aliphatic heterocycles. The summed E-state index contributed by atoms with van der Waals surface area (Å²) in [4.78, 5) is 24.5. The van der Waals surface area contributed by atoms with Crippen molar-refractivity contribution in [1.82, 2.24) is 4.90 Å². The fraction of sp³-hybridized carbons (Fsp3) is 0.333. The maximum absolute atomic E-state index is 12.1. The zero-order valence-electron chi connectivity index (χ0n) is 13.5. The third-order valence-corrected chi connectivity index (χ3v) is 3.93. The van der Waals surface area contributed by atoms with Crippen molar-refractivity contribution in [3.8, 4) is 17.1 Å². The molecule has 1 aliphatic rings. The lowest BCUT2D eigenvalue weighted by atomic mass is 10.1. The number of benzene rings is 1. The summed E-state index contributed by atoms with van der Waals surface area (Å²) < 4.78 is 16.3. The fourth-order valence-electron chi connectivity index (χ4n) is 2.61. The van der Waals surface area contributed by atoms with Crippen molar-refractivity contribution in [3.63, 3.8) is 0 Å². The second kappa shape index (κ2) is 7.31. The molecule has 6 heteroatoms. The Labute approximate surface area is 140 Å². The molecule has 0 unspecified atom stereocenters. The highest BCUT2D eigenvalue weighted by atomic mass is 16.5. The summed E-state index contributed by atoms with van der Waals surface area (Å²) in [5, 5.41) is 0. The molecule has 24 heavy (non-hydrogen) atoms. The molecule has 126 valence electrons. The monoisotopic (exact) mass is 329 g/mol. The SMILES string of the molecule is Cc1cc(OCC(=O)N2CCOCC2)ccc1-c1ccc(C=O)o1. The van der Waals surface area contributed by atoms with Gasteiger partial charge in [-0.1, -0.05) is 0 Å². The molecule has 0 N–H and O–H groups in total. The van der Waals surface area contributed by atoms with Crippen LogP contribution in [0.4, 0.5) is 0 Å². The normalized spacial score (nSPS) is 14.5. The van der Waals surface area contributed by atoms with E-state index in [1.54, 1.807) is 23.1 Å². The Hall–Kier alpha value is -2.60. The van der Waals surface area contributed by atoms with Gasteiger partial charge < -0.3 is 18.8 Å². The van der Waals surface area contributed by atoms with Crippen LogP contribution >= 0.6 is 0 Å². The largest absolute Gasteiger partial charge is 0.484 e. The number of amides is 1.